The predicted octanol–water partition coefficient (Wildman–Crippen LogP) is 3.01. The number of amides is 2. The SMILES string of the molecule is CCc1ccc(N2CC(C(=O)NC(C#N)c3cc(OC)c(OC)c(OC)c3)CC2=O)cc1. The van der Waals surface area contributed by atoms with Gasteiger partial charge in [-0.15, -0.1) is 0 Å². The molecule has 2 atom stereocenters. The largest absolute Gasteiger partial charge is 0.493 e. The Morgan fingerprint density at radius 3 is 2.28 bits per heavy atom. The van der Waals surface area contributed by atoms with Gasteiger partial charge in [0.1, 0.15) is 6.04 Å². The predicted molar refractivity (Wildman–Crippen MR) is 119 cm³/mol. The number of hydrogen-bond donors (Lipinski definition) is 1. The van der Waals surface area contributed by atoms with E-state index in [1.165, 1.54) is 26.9 Å². The lowest BCUT2D eigenvalue weighted by molar-refractivity contribution is -0.126. The van der Waals surface area contributed by atoms with Crippen LogP contribution in [0.4, 0.5) is 5.69 Å². The van der Waals surface area contributed by atoms with E-state index in [2.05, 4.69) is 18.3 Å². The van der Waals surface area contributed by atoms with Crippen LogP contribution in [0.1, 0.15) is 30.5 Å². The molecule has 2 aromatic rings. The molecule has 1 fully saturated rings. The molecular formula is C24H27N3O5. The normalized spacial score (nSPS) is 16.3. The van der Waals surface area contributed by atoms with Gasteiger partial charge in [-0.25, -0.2) is 0 Å². The standard InChI is InChI=1S/C24H27N3O5/c1-5-15-6-8-18(9-7-15)27-14-17(12-22(27)28)24(29)26-19(13-25)16-10-20(30-2)23(32-4)21(11-16)31-3/h6-11,17,19H,5,12,14H2,1-4H3,(H,26,29). The molecule has 0 aliphatic carbocycles. The molecule has 0 radical (unpaired) electrons. The summed E-state index contributed by atoms with van der Waals surface area (Å²) < 4.78 is 16.0. The summed E-state index contributed by atoms with van der Waals surface area (Å²) in [5.74, 6) is 0.143. The summed E-state index contributed by atoms with van der Waals surface area (Å²) in [6.45, 7) is 2.33. The number of nitriles is 1. The molecule has 0 saturated carbocycles. The van der Waals surface area contributed by atoms with Crippen molar-refractivity contribution < 1.29 is 23.8 Å². The van der Waals surface area contributed by atoms with E-state index in [4.69, 9.17) is 14.2 Å². The average Bonchev–Trinajstić information content (AvgIpc) is 3.23. The second-order valence-electron chi connectivity index (χ2n) is 7.45. The van der Waals surface area contributed by atoms with E-state index in [0.717, 1.165) is 12.1 Å². The van der Waals surface area contributed by atoms with E-state index in [1.54, 1.807) is 17.0 Å². The van der Waals surface area contributed by atoms with E-state index in [1.807, 2.05) is 24.3 Å². The molecule has 1 heterocycles. The van der Waals surface area contributed by atoms with Gasteiger partial charge in [-0.3, -0.25) is 9.59 Å². The Hall–Kier alpha value is -3.73. The molecular weight excluding hydrogens is 410 g/mol. The van der Waals surface area contributed by atoms with E-state index >= 15 is 0 Å². The van der Waals surface area contributed by atoms with E-state index in [9.17, 15) is 14.9 Å². The van der Waals surface area contributed by atoms with Crippen molar-refractivity contribution in [3.8, 4) is 23.3 Å². The third kappa shape index (κ3) is 4.62. The van der Waals surface area contributed by atoms with Crippen molar-refractivity contribution in [3.05, 3.63) is 47.5 Å². The summed E-state index contributed by atoms with van der Waals surface area (Å²) in [6.07, 6.45) is 1.00. The van der Waals surface area contributed by atoms with Gasteiger partial charge < -0.3 is 24.4 Å². The van der Waals surface area contributed by atoms with Crippen LogP contribution < -0.4 is 24.4 Å². The van der Waals surface area contributed by atoms with Gasteiger partial charge in [-0.2, -0.15) is 5.26 Å². The molecule has 1 aliphatic rings. The van der Waals surface area contributed by atoms with Gasteiger partial charge in [0.25, 0.3) is 0 Å². The number of carbonyl (C=O) groups is 2. The third-order valence-corrected chi connectivity index (χ3v) is 5.59. The van der Waals surface area contributed by atoms with Gasteiger partial charge in [-0.1, -0.05) is 19.1 Å². The van der Waals surface area contributed by atoms with Crippen LogP contribution in [-0.2, 0) is 16.0 Å². The van der Waals surface area contributed by atoms with E-state index in [0.29, 0.717) is 22.8 Å². The highest BCUT2D eigenvalue weighted by Crippen LogP contribution is 2.39. The molecule has 8 nitrogen and oxygen atoms in total. The topological polar surface area (TPSA) is 101 Å². The van der Waals surface area contributed by atoms with Crippen molar-refractivity contribution in [3.63, 3.8) is 0 Å². The van der Waals surface area contributed by atoms with Gasteiger partial charge in [0.15, 0.2) is 11.5 Å². The number of nitrogens with one attached hydrogen (secondary N) is 1. The second kappa shape index (κ2) is 10.1. The Balaban J connectivity index is 1.76. The molecule has 1 saturated heterocycles. The molecule has 1 N–H and O–H groups in total. The van der Waals surface area contributed by atoms with Crippen molar-refractivity contribution in [2.45, 2.75) is 25.8 Å². The fourth-order valence-electron chi connectivity index (χ4n) is 3.76. The minimum absolute atomic E-state index is 0.0920. The highest BCUT2D eigenvalue weighted by molar-refractivity contribution is 6.00. The lowest BCUT2D eigenvalue weighted by Gasteiger charge is -2.19. The van der Waals surface area contributed by atoms with Gasteiger partial charge in [-0.05, 0) is 41.8 Å². The van der Waals surface area contributed by atoms with Crippen molar-refractivity contribution in [1.82, 2.24) is 5.32 Å². The Labute approximate surface area is 187 Å². The van der Waals surface area contributed by atoms with Crippen molar-refractivity contribution in [1.29, 1.82) is 5.26 Å². The zero-order chi connectivity index (χ0) is 23.3. The maximum absolute atomic E-state index is 12.9. The van der Waals surface area contributed by atoms with Crippen LogP contribution in [0, 0.1) is 17.2 Å². The number of methoxy groups -OCH3 is 3. The van der Waals surface area contributed by atoms with Gasteiger partial charge in [0, 0.05) is 18.7 Å². The van der Waals surface area contributed by atoms with Crippen LogP contribution in [-0.4, -0.2) is 39.7 Å². The average molecular weight is 437 g/mol. The number of rotatable bonds is 8. The Kier molecular flexibility index (Phi) is 7.21. The molecule has 2 aromatic carbocycles. The number of anilines is 1. The number of aryl methyl sites for hydroxylation is 1. The first-order valence-corrected chi connectivity index (χ1v) is 10.3. The number of ether oxygens (including phenoxy) is 3. The molecule has 1 aliphatic heterocycles. The quantitative estimate of drug-likeness (QED) is 0.681. The van der Waals surface area contributed by atoms with Crippen LogP contribution in [0.3, 0.4) is 0 Å². The zero-order valence-corrected chi connectivity index (χ0v) is 18.7. The van der Waals surface area contributed by atoms with E-state index < -0.39 is 12.0 Å². The number of benzene rings is 2. The first-order valence-electron chi connectivity index (χ1n) is 10.3. The summed E-state index contributed by atoms with van der Waals surface area (Å²) in [5, 5.41) is 12.4. The second-order valence-corrected chi connectivity index (χ2v) is 7.45. The summed E-state index contributed by atoms with van der Waals surface area (Å²) in [6, 6.07) is 12.1. The highest BCUT2D eigenvalue weighted by Gasteiger charge is 2.36. The molecule has 8 heteroatoms. The van der Waals surface area contributed by atoms with Crippen LogP contribution in [0.25, 0.3) is 0 Å². The summed E-state index contributed by atoms with van der Waals surface area (Å²) >= 11 is 0. The molecule has 0 spiro atoms. The Morgan fingerprint density at radius 1 is 1.16 bits per heavy atom. The summed E-state index contributed by atoms with van der Waals surface area (Å²) in [4.78, 5) is 27.1. The minimum Gasteiger partial charge on any atom is -0.493 e. The molecule has 0 aromatic heterocycles. The molecule has 2 unspecified atom stereocenters. The molecule has 32 heavy (non-hydrogen) atoms. The monoisotopic (exact) mass is 437 g/mol. The van der Waals surface area contributed by atoms with Crippen LogP contribution >= 0.6 is 0 Å². The smallest absolute Gasteiger partial charge is 0.227 e. The Bertz CT molecular complexity index is 1000. The zero-order valence-electron chi connectivity index (χ0n) is 18.7. The molecule has 168 valence electrons. The lowest BCUT2D eigenvalue weighted by Crippen LogP contribution is -2.35. The van der Waals surface area contributed by atoms with Crippen LogP contribution in [0.5, 0.6) is 17.2 Å². The Morgan fingerprint density at radius 2 is 1.78 bits per heavy atom. The maximum atomic E-state index is 12.9. The number of hydrogen-bond acceptors (Lipinski definition) is 6. The summed E-state index contributed by atoms with van der Waals surface area (Å²) in [5.41, 5.74) is 2.44. The minimum atomic E-state index is -0.941. The lowest BCUT2D eigenvalue weighted by atomic mass is 10.0. The molecule has 3 rings (SSSR count). The number of nitrogens with zero attached hydrogens (tertiary/aromatic N) is 2. The summed E-state index contributed by atoms with van der Waals surface area (Å²) in [7, 11) is 4.45. The van der Waals surface area contributed by atoms with Gasteiger partial charge in [0.05, 0.1) is 33.3 Å². The van der Waals surface area contributed by atoms with E-state index in [-0.39, 0.29) is 24.8 Å². The fraction of sp³-hybridized carbons (Fsp3) is 0.375. The van der Waals surface area contributed by atoms with Crippen LogP contribution in [0.2, 0.25) is 0 Å². The fourth-order valence-corrected chi connectivity index (χ4v) is 3.76. The number of carbonyl (C=O) groups excluding carboxylic acids is 2. The van der Waals surface area contributed by atoms with Crippen molar-refractivity contribution in [2.24, 2.45) is 5.92 Å². The van der Waals surface area contributed by atoms with Gasteiger partial charge >= 0.3 is 0 Å². The first kappa shape index (κ1) is 22.9. The highest BCUT2D eigenvalue weighted by atomic mass is 16.5. The first-order chi connectivity index (χ1) is 15.4. The van der Waals surface area contributed by atoms with Gasteiger partial charge in [0.2, 0.25) is 17.6 Å². The van der Waals surface area contributed by atoms with Crippen LogP contribution in [0.15, 0.2) is 36.4 Å². The van der Waals surface area contributed by atoms with Crippen molar-refractivity contribution >= 4 is 17.5 Å². The van der Waals surface area contributed by atoms with Crippen molar-refractivity contribution in [2.75, 3.05) is 32.8 Å². The molecule has 0 bridgehead atoms. The molecule has 2 amide bonds. The third-order valence-electron chi connectivity index (χ3n) is 5.59. The maximum Gasteiger partial charge on any atom is 0.227 e.